The van der Waals surface area contributed by atoms with E-state index in [-0.39, 0.29) is 5.91 Å². The molecule has 2 aliphatic carbocycles. The number of rotatable bonds is 12. The van der Waals surface area contributed by atoms with Gasteiger partial charge < -0.3 is 20.7 Å². The molecule has 0 saturated heterocycles. The highest BCUT2D eigenvalue weighted by Crippen LogP contribution is 2.41. The van der Waals surface area contributed by atoms with Gasteiger partial charge in [-0.3, -0.25) is 9.79 Å². The smallest absolute Gasteiger partial charge is 0.220 e. The Morgan fingerprint density at radius 1 is 1.19 bits per heavy atom. The highest BCUT2D eigenvalue weighted by molar-refractivity contribution is 5.80. The summed E-state index contributed by atoms with van der Waals surface area (Å²) >= 11 is 0. The summed E-state index contributed by atoms with van der Waals surface area (Å²) in [7, 11) is 0. The first-order chi connectivity index (χ1) is 12.7. The zero-order valence-electron chi connectivity index (χ0n) is 16.7. The number of hydrogen-bond acceptors (Lipinski definition) is 3. The van der Waals surface area contributed by atoms with Gasteiger partial charge in [0.25, 0.3) is 0 Å². The van der Waals surface area contributed by atoms with Crippen LogP contribution in [0.1, 0.15) is 71.6 Å². The maximum atomic E-state index is 11.7. The maximum Gasteiger partial charge on any atom is 0.220 e. The van der Waals surface area contributed by atoms with E-state index in [9.17, 15) is 4.79 Å². The molecule has 0 aromatic rings. The molecule has 0 aromatic heterocycles. The van der Waals surface area contributed by atoms with Crippen molar-refractivity contribution in [2.45, 2.75) is 77.7 Å². The van der Waals surface area contributed by atoms with Gasteiger partial charge in [-0.1, -0.05) is 12.8 Å². The highest BCUT2D eigenvalue weighted by atomic mass is 16.5. The molecule has 6 nitrogen and oxygen atoms in total. The van der Waals surface area contributed by atoms with Gasteiger partial charge in [0, 0.05) is 45.3 Å². The lowest BCUT2D eigenvalue weighted by atomic mass is 9.83. The van der Waals surface area contributed by atoms with Crippen LogP contribution in [0, 0.1) is 5.41 Å². The molecule has 0 bridgehead atoms. The van der Waals surface area contributed by atoms with Crippen LogP contribution in [0.5, 0.6) is 0 Å². The van der Waals surface area contributed by atoms with E-state index in [0.717, 1.165) is 64.5 Å². The summed E-state index contributed by atoms with van der Waals surface area (Å²) in [5, 5.41) is 9.74. The van der Waals surface area contributed by atoms with E-state index in [0.29, 0.717) is 17.9 Å². The molecule has 150 valence electrons. The van der Waals surface area contributed by atoms with Crippen molar-refractivity contribution in [3.05, 3.63) is 0 Å². The fourth-order valence-corrected chi connectivity index (χ4v) is 3.62. The molecule has 0 heterocycles. The largest absolute Gasteiger partial charge is 0.382 e. The van der Waals surface area contributed by atoms with Gasteiger partial charge >= 0.3 is 0 Å². The normalized spacial score (nSPS) is 19.4. The number of hydrogen-bond donors (Lipinski definition) is 3. The summed E-state index contributed by atoms with van der Waals surface area (Å²) < 4.78 is 5.59. The minimum absolute atomic E-state index is 0.178. The number of ether oxygens (including phenoxy) is 1. The van der Waals surface area contributed by atoms with Crippen LogP contribution >= 0.6 is 0 Å². The van der Waals surface area contributed by atoms with E-state index in [4.69, 9.17) is 9.73 Å². The van der Waals surface area contributed by atoms with Crippen LogP contribution in [-0.4, -0.2) is 50.8 Å². The van der Waals surface area contributed by atoms with Crippen LogP contribution in [0.25, 0.3) is 0 Å². The molecule has 0 aromatic carbocycles. The van der Waals surface area contributed by atoms with E-state index >= 15 is 0 Å². The third-order valence-electron chi connectivity index (χ3n) is 5.38. The molecule has 1 amide bonds. The maximum absolute atomic E-state index is 11.7. The lowest BCUT2D eigenvalue weighted by molar-refractivity contribution is -0.121. The Balaban J connectivity index is 1.73. The van der Waals surface area contributed by atoms with Gasteiger partial charge in [0.1, 0.15) is 0 Å². The molecule has 3 N–H and O–H groups in total. The van der Waals surface area contributed by atoms with Crippen molar-refractivity contribution in [3.8, 4) is 0 Å². The Morgan fingerprint density at radius 2 is 1.96 bits per heavy atom. The zero-order valence-corrected chi connectivity index (χ0v) is 16.7. The van der Waals surface area contributed by atoms with Crippen LogP contribution in [-0.2, 0) is 9.53 Å². The highest BCUT2D eigenvalue weighted by Gasteiger charge is 2.33. The Morgan fingerprint density at radius 3 is 2.62 bits per heavy atom. The van der Waals surface area contributed by atoms with Crippen molar-refractivity contribution >= 4 is 11.9 Å². The standard InChI is InChI=1S/C20H38N4O2/c1-3-21-19(22-14-7-8-18(25)24-17-9-10-17)23-16-20(11-5-6-12-20)13-15-26-4-2/h17H,3-16H2,1-2H3,(H,24,25)(H2,21,22,23). The van der Waals surface area contributed by atoms with Gasteiger partial charge in [0.2, 0.25) is 5.91 Å². The summed E-state index contributed by atoms with van der Waals surface area (Å²) in [4.78, 5) is 16.6. The topological polar surface area (TPSA) is 74.8 Å². The van der Waals surface area contributed by atoms with Gasteiger partial charge in [-0.05, 0) is 57.8 Å². The molecule has 2 saturated carbocycles. The molecule has 0 unspecified atom stereocenters. The van der Waals surface area contributed by atoms with Crippen LogP contribution < -0.4 is 16.0 Å². The van der Waals surface area contributed by atoms with Crippen molar-refractivity contribution in [2.75, 3.05) is 32.8 Å². The number of nitrogens with one attached hydrogen (secondary N) is 3. The molecule has 0 radical (unpaired) electrons. The number of aliphatic imine (C=N–C) groups is 1. The third kappa shape index (κ3) is 7.94. The van der Waals surface area contributed by atoms with Crippen molar-refractivity contribution < 1.29 is 9.53 Å². The van der Waals surface area contributed by atoms with Gasteiger partial charge in [-0.25, -0.2) is 0 Å². The summed E-state index contributed by atoms with van der Waals surface area (Å²) in [6.07, 6.45) is 9.93. The molecule has 0 atom stereocenters. The monoisotopic (exact) mass is 366 g/mol. The van der Waals surface area contributed by atoms with Gasteiger partial charge in [-0.15, -0.1) is 0 Å². The second-order valence-corrected chi connectivity index (χ2v) is 7.72. The predicted molar refractivity (Wildman–Crippen MR) is 106 cm³/mol. The molecule has 26 heavy (non-hydrogen) atoms. The van der Waals surface area contributed by atoms with Gasteiger partial charge in [-0.2, -0.15) is 0 Å². The Hall–Kier alpha value is -1.30. The Kier molecular flexibility index (Phi) is 9.23. The fourth-order valence-electron chi connectivity index (χ4n) is 3.62. The zero-order chi connectivity index (χ0) is 18.7. The van der Waals surface area contributed by atoms with E-state index < -0.39 is 0 Å². The molecular weight excluding hydrogens is 328 g/mol. The summed E-state index contributed by atoms with van der Waals surface area (Å²) in [6, 6.07) is 0.452. The van der Waals surface area contributed by atoms with Crippen LogP contribution in [0.15, 0.2) is 4.99 Å². The molecule has 2 fully saturated rings. The number of amides is 1. The molecule has 2 aliphatic rings. The van der Waals surface area contributed by atoms with Crippen LogP contribution in [0.4, 0.5) is 0 Å². The molecular formula is C20H38N4O2. The van der Waals surface area contributed by atoms with Crippen LogP contribution in [0.3, 0.4) is 0 Å². The average molecular weight is 367 g/mol. The Labute approximate surface area is 158 Å². The minimum atomic E-state index is 0.178. The third-order valence-corrected chi connectivity index (χ3v) is 5.38. The lowest BCUT2D eigenvalue weighted by Gasteiger charge is -2.27. The number of guanidine groups is 1. The molecule has 6 heteroatoms. The first kappa shape index (κ1) is 21.0. The molecule has 2 rings (SSSR count). The van der Waals surface area contributed by atoms with E-state index in [1.165, 1.54) is 25.7 Å². The van der Waals surface area contributed by atoms with Crippen molar-refractivity contribution in [1.29, 1.82) is 0 Å². The average Bonchev–Trinajstić information content (AvgIpc) is 3.32. The SMILES string of the molecule is CCNC(=NCC1(CCOCC)CCCC1)NCCCC(=O)NC1CC1. The van der Waals surface area contributed by atoms with Crippen LogP contribution in [0.2, 0.25) is 0 Å². The number of carbonyl (C=O) groups excluding carboxylic acids is 1. The van der Waals surface area contributed by atoms with Crippen molar-refractivity contribution in [3.63, 3.8) is 0 Å². The molecule has 0 spiro atoms. The van der Waals surface area contributed by atoms with Gasteiger partial charge in [0.05, 0.1) is 0 Å². The Bertz CT molecular complexity index is 443. The number of carbonyl (C=O) groups is 1. The quantitative estimate of drug-likeness (QED) is 0.282. The molecule has 0 aliphatic heterocycles. The second kappa shape index (κ2) is 11.4. The fraction of sp³-hybridized carbons (Fsp3) is 0.900. The second-order valence-electron chi connectivity index (χ2n) is 7.72. The number of nitrogens with zero attached hydrogens (tertiary/aromatic N) is 1. The summed E-state index contributed by atoms with van der Waals surface area (Å²) in [6.45, 7) is 8.25. The summed E-state index contributed by atoms with van der Waals surface area (Å²) in [5.41, 5.74) is 0.307. The minimum Gasteiger partial charge on any atom is -0.382 e. The first-order valence-electron chi connectivity index (χ1n) is 10.6. The summed E-state index contributed by atoms with van der Waals surface area (Å²) in [5.74, 6) is 1.05. The lowest BCUT2D eigenvalue weighted by Crippen LogP contribution is -2.39. The van der Waals surface area contributed by atoms with Crippen molar-refractivity contribution in [2.24, 2.45) is 10.4 Å². The van der Waals surface area contributed by atoms with E-state index in [2.05, 4.69) is 29.8 Å². The predicted octanol–water partition coefficient (Wildman–Crippen LogP) is 2.59. The van der Waals surface area contributed by atoms with E-state index in [1.807, 2.05) is 0 Å². The first-order valence-corrected chi connectivity index (χ1v) is 10.6. The van der Waals surface area contributed by atoms with E-state index in [1.54, 1.807) is 0 Å². The van der Waals surface area contributed by atoms with Gasteiger partial charge in [0.15, 0.2) is 5.96 Å². The van der Waals surface area contributed by atoms with Crippen molar-refractivity contribution in [1.82, 2.24) is 16.0 Å².